The molecule has 0 fully saturated rings. The normalized spacial score (nSPS) is 10.5. The standard InChI is InChI=1S/C12H12ClN3O/c1-6-3-10(17-2)8-4-7(13)5-9(12(14)15)11(8)16-6/h3-5H,1-2H3,(H3,14,15). The SMILES string of the molecule is COc1cc(C)nc2c(C(=N)N)cc(Cl)cc12. The molecule has 1 aromatic carbocycles. The van der Waals surface area contributed by atoms with E-state index < -0.39 is 0 Å². The Balaban J connectivity index is 2.93. The zero-order chi connectivity index (χ0) is 12.6. The largest absolute Gasteiger partial charge is 0.496 e. The first kappa shape index (κ1) is 11.7. The van der Waals surface area contributed by atoms with Gasteiger partial charge in [0.1, 0.15) is 11.6 Å². The Morgan fingerprint density at radius 1 is 1.41 bits per heavy atom. The Labute approximate surface area is 104 Å². The van der Waals surface area contributed by atoms with Gasteiger partial charge >= 0.3 is 0 Å². The number of halogens is 1. The minimum absolute atomic E-state index is 0.0577. The van der Waals surface area contributed by atoms with Gasteiger partial charge in [0.15, 0.2) is 0 Å². The molecule has 0 bridgehead atoms. The van der Waals surface area contributed by atoms with Crippen molar-refractivity contribution in [2.24, 2.45) is 5.73 Å². The Kier molecular flexibility index (Phi) is 2.90. The summed E-state index contributed by atoms with van der Waals surface area (Å²) in [5, 5.41) is 8.82. The number of ether oxygens (including phenoxy) is 1. The highest BCUT2D eigenvalue weighted by Crippen LogP contribution is 2.30. The van der Waals surface area contributed by atoms with Crippen molar-refractivity contribution in [3.63, 3.8) is 0 Å². The Bertz CT molecular complexity index is 610. The van der Waals surface area contributed by atoms with Gasteiger partial charge in [-0.05, 0) is 19.1 Å². The minimum atomic E-state index is -0.0577. The molecule has 0 radical (unpaired) electrons. The second kappa shape index (κ2) is 4.22. The van der Waals surface area contributed by atoms with Crippen molar-refractivity contribution in [2.75, 3.05) is 7.11 Å². The first-order valence-electron chi connectivity index (χ1n) is 5.02. The molecule has 0 atom stereocenters. The van der Waals surface area contributed by atoms with E-state index in [0.29, 0.717) is 21.9 Å². The number of nitrogens with two attached hydrogens (primary N) is 1. The van der Waals surface area contributed by atoms with Crippen molar-refractivity contribution in [3.05, 3.63) is 34.5 Å². The van der Waals surface area contributed by atoms with Crippen molar-refractivity contribution in [1.29, 1.82) is 5.41 Å². The molecule has 5 heteroatoms. The number of hydrogen-bond donors (Lipinski definition) is 2. The molecule has 1 heterocycles. The van der Waals surface area contributed by atoms with Crippen LogP contribution >= 0.6 is 11.6 Å². The molecule has 2 rings (SSSR count). The number of benzene rings is 1. The zero-order valence-electron chi connectivity index (χ0n) is 9.54. The van der Waals surface area contributed by atoms with Gasteiger partial charge in [0.2, 0.25) is 0 Å². The van der Waals surface area contributed by atoms with E-state index in [1.54, 1.807) is 19.2 Å². The van der Waals surface area contributed by atoms with Gasteiger partial charge in [-0.2, -0.15) is 0 Å². The fraction of sp³-hybridized carbons (Fsp3) is 0.167. The number of amidine groups is 1. The average Bonchev–Trinajstić information content (AvgIpc) is 2.27. The number of nitrogens with zero attached hydrogens (tertiary/aromatic N) is 1. The fourth-order valence-corrected chi connectivity index (χ4v) is 1.98. The molecule has 88 valence electrons. The third-order valence-electron chi connectivity index (χ3n) is 2.48. The molecule has 0 aliphatic heterocycles. The van der Waals surface area contributed by atoms with Crippen LogP contribution in [0.25, 0.3) is 10.9 Å². The van der Waals surface area contributed by atoms with Crippen LogP contribution in [-0.2, 0) is 0 Å². The van der Waals surface area contributed by atoms with Gasteiger partial charge in [-0.15, -0.1) is 0 Å². The monoisotopic (exact) mass is 249 g/mol. The molecular formula is C12H12ClN3O. The third kappa shape index (κ3) is 2.03. The van der Waals surface area contributed by atoms with E-state index in [1.165, 1.54) is 0 Å². The van der Waals surface area contributed by atoms with Crippen LogP contribution in [0.4, 0.5) is 0 Å². The van der Waals surface area contributed by atoms with Crippen LogP contribution in [-0.4, -0.2) is 17.9 Å². The van der Waals surface area contributed by atoms with E-state index >= 15 is 0 Å². The number of fused-ring (bicyclic) bond motifs is 1. The topological polar surface area (TPSA) is 72.0 Å². The van der Waals surface area contributed by atoms with Gasteiger partial charge in [-0.3, -0.25) is 10.4 Å². The maximum Gasteiger partial charge on any atom is 0.130 e. The van der Waals surface area contributed by atoms with Gasteiger partial charge in [0.25, 0.3) is 0 Å². The highest BCUT2D eigenvalue weighted by atomic mass is 35.5. The number of pyridine rings is 1. The molecule has 0 aliphatic rings. The number of aryl methyl sites for hydroxylation is 1. The molecule has 0 aliphatic carbocycles. The van der Waals surface area contributed by atoms with E-state index in [-0.39, 0.29) is 5.84 Å². The van der Waals surface area contributed by atoms with E-state index in [2.05, 4.69) is 4.98 Å². The lowest BCUT2D eigenvalue weighted by molar-refractivity contribution is 0.419. The number of rotatable bonds is 2. The highest BCUT2D eigenvalue weighted by Gasteiger charge is 2.12. The van der Waals surface area contributed by atoms with Gasteiger partial charge in [-0.25, -0.2) is 0 Å². The number of nitrogen functional groups attached to an aromatic ring is 1. The lowest BCUT2D eigenvalue weighted by Crippen LogP contribution is -2.12. The smallest absolute Gasteiger partial charge is 0.130 e. The quantitative estimate of drug-likeness (QED) is 0.634. The fourth-order valence-electron chi connectivity index (χ4n) is 1.76. The van der Waals surface area contributed by atoms with Crippen molar-refractivity contribution in [3.8, 4) is 5.75 Å². The summed E-state index contributed by atoms with van der Waals surface area (Å²) in [6.07, 6.45) is 0. The Morgan fingerprint density at radius 2 is 2.12 bits per heavy atom. The molecule has 0 unspecified atom stereocenters. The molecule has 0 saturated carbocycles. The first-order chi connectivity index (χ1) is 8.02. The molecular weight excluding hydrogens is 238 g/mol. The van der Waals surface area contributed by atoms with Gasteiger partial charge in [-0.1, -0.05) is 11.6 Å². The number of methoxy groups -OCH3 is 1. The number of hydrogen-bond acceptors (Lipinski definition) is 3. The Morgan fingerprint density at radius 3 is 2.71 bits per heavy atom. The lowest BCUT2D eigenvalue weighted by Gasteiger charge is -2.10. The molecule has 0 amide bonds. The predicted octanol–water partition coefficient (Wildman–Crippen LogP) is 2.49. The van der Waals surface area contributed by atoms with Gasteiger partial charge in [0, 0.05) is 27.7 Å². The van der Waals surface area contributed by atoms with E-state index in [4.69, 9.17) is 27.5 Å². The van der Waals surface area contributed by atoms with E-state index in [0.717, 1.165) is 11.1 Å². The third-order valence-corrected chi connectivity index (χ3v) is 2.70. The second-order valence-corrected chi connectivity index (χ2v) is 4.17. The molecule has 3 N–H and O–H groups in total. The maximum atomic E-state index is 7.55. The van der Waals surface area contributed by atoms with Crippen molar-refractivity contribution in [2.45, 2.75) is 6.92 Å². The van der Waals surface area contributed by atoms with Gasteiger partial charge in [0.05, 0.1) is 12.6 Å². The van der Waals surface area contributed by atoms with Gasteiger partial charge < -0.3 is 10.5 Å². The summed E-state index contributed by atoms with van der Waals surface area (Å²) in [6, 6.07) is 5.22. The summed E-state index contributed by atoms with van der Waals surface area (Å²) in [5.41, 5.74) is 7.50. The predicted molar refractivity (Wildman–Crippen MR) is 69.1 cm³/mol. The molecule has 1 aromatic heterocycles. The summed E-state index contributed by atoms with van der Waals surface area (Å²) < 4.78 is 5.29. The molecule has 17 heavy (non-hydrogen) atoms. The van der Waals surface area contributed by atoms with E-state index in [1.807, 2.05) is 13.0 Å². The summed E-state index contributed by atoms with van der Waals surface area (Å²) >= 11 is 6.00. The van der Waals surface area contributed by atoms with Crippen LogP contribution in [0, 0.1) is 12.3 Å². The minimum Gasteiger partial charge on any atom is -0.496 e. The van der Waals surface area contributed by atoms with Crippen LogP contribution < -0.4 is 10.5 Å². The molecule has 0 spiro atoms. The summed E-state index contributed by atoms with van der Waals surface area (Å²) in [7, 11) is 1.59. The Hall–Kier alpha value is -1.81. The van der Waals surface area contributed by atoms with Crippen LogP contribution in [0.1, 0.15) is 11.3 Å². The van der Waals surface area contributed by atoms with Crippen molar-refractivity contribution in [1.82, 2.24) is 4.98 Å². The number of aromatic nitrogens is 1. The van der Waals surface area contributed by atoms with E-state index in [9.17, 15) is 0 Å². The van der Waals surface area contributed by atoms with Crippen LogP contribution in [0.5, 0.6) is 5.75 Å². The lowest BCUT2D eigenvalue weighted by atomic mass is 10.1. The zero-order valence-corrected chi connectivity index (χ0v) is 10.3. The summed E-state index contributed by atoms with van der Waals surface area (Å²) in [4.78, 5) is 4.39. The van der Waals surface area contributed by atoms with Crippen molar-refractivity contribution < 1.29 is 4.74 Å². The molecule has 0 saturated heterocycles. The average molecular weight is 250 g/mol. The van der Waals surface area contributed by atoms with Crippen molar-refractivity contribution >= 4 is 28.3 Å². The summed E-state index contributed by atoms with van der Waals surface area (Å²) in [5.74, 6) is 0.621. The molecule has 2 aromatic rings. The van der Waals surface area contributed by atoms with Crippen LogP contribution in [0.15, 0.2) is 18.2 Å². The molecule has 4 nitrogen and oxygen atoms in total. The summed E-state index contributed by atoms with van der Waals surface area (Å²) in [6.45, 7) is 1.86. The number of nitrogens with one attached hydrogen (secondary N) is 1. The second-order valence-electron chi connectivity index (χ2n) is 3.73. The van der Waals surface area contributed by atoms with Crippen LogP contribution in [0.3, 0.4) is 0 Å². The maximum absolute atomic E-state index is 7.55. The first-order valence-corrected chi connectivity index (χ1v) is 5.40. The van der Waals surface area contributed by atoms with Crippen LogP contribution in [0.2, 0.25) is 5.02 Å². The highest BCUT2D eigenvalue weighted by molar-refractivity contribution is 6.32.